The van der Waals surface area contributed by atoms with Crippen LogP contribution in [0.15, 0.2) is 42.9 Å². The van der Waals surface area contributed by atoms with Gasteiger partial charge in [-0.05, 0) is 42.5 Å². The summed E-state index contributed by atoms with van der Waals surface area (Å²) in [6, 6.07) is 8.06. The Morgan fingerprint density at radius 2 is 1.81 bits per heavy atom. The van der Waals surface area contributed by atoms with Gasteiger partial charge >= 0.3 is 6.09 Å². The molecule has 162 valence electrons. The molecule has 1 unspecified atom stereocenters. The van der Waals surface area contributed by atoms with E-state index < -0.39 is 11.5 Å². The van der Waals surface area contributed by atoms with Gasteiger partial charge in [-0.1, -0.05) is 12.1 Å². The van der Waals surface area contributed by atoms with Crippen LogP contribution in [0.2, 0.25) is 0 Å². The SMILES string of the molecule is O=C(O)N1CCN(c2ccc(C3(C(=O)N4CCC(c5cccnc5)C4)CC3)cn2)CC1. The molecule has 0 aromatic carbocycles. The second-order valence-corrected chi connectivity index (χ2v) is 8.77. The molecule has 2 aromatic heterocycles. The molecule has 2 aromatic rings. The maximum atomic E-state index is 13.4. The lowest BCUT2D eigenvalue weighted by Gasteiger charge is -2.34. The van der Waals surface area contributed by atoms with E-state index in [2.05, 4.69) is 20.9 Å². The van der Waals surface area contributed by atoms with E-state index in [4.69, 9.17) is 5.11 Å². The molecule has 1 aliphatic carbocycles. The number of aromatic nitrogens is 2. The van der Waals surface area contributed by atoms with Crippen molar-refractivity contribution in [2.75, 3.05) is 44.2 Å². The molecule has 0 bridgehead atoms. The van der Waals surface area contributed by atoms with Gasteiger partial charge in [0.15, 0.2) is 0 Å². The lowest BCUT2D eigenvalue weighted by atomic mass is 9.95. The lowest BCUT2D eigenvalue weighted by Crippen LogP contribution is -2.48. The Balaban J connectivity index is 1.24. The number of pyridine rings is 2. The summed E-state index contributed by atoms with van der Waals surface area (Å²) >= 11 is 0. The molecule has 8 nitrogen and oxygen atoms in total. The number of anilines is 1. The van der Waals surface area contributed by atoms with Gasteiger partial charge in [0.25, 0.3) is 0 Å². The number of nitrogens with zero attached hydrogens (tertiary/aromatic N) is 5. The quantitative estimate of drug-likeness (QED) is 0.815. The second-order valence-electron chi connectivity index (χ2n) is 8.77. The third kappa shape index (κ3) is 3.71. The van der Waals surface area contributed by atoms with Crippen LogP contribution in [-0.2, 0) is 10.2 Å². The minimum absolute atomic E-state index is 0.225. The van der Waals surface area contributed by atoms with Crippen LogP contribution in [0.5, 0.6) is 0 Å². The second kappa shape index (κ2) is 7.83. The normalized spacial score (nSPS) is 22.5. The molecule has 3 aliphatic rings. The predicted molar refractivity (Wildman–Crippen MR) is 115 cm³/mol. The monoisotopic (exact) mass is 421 g/mol. The van der Waals surface area contributed by atoms with Gasteiger partial charge < -0.3 is 19.8 Å². The highest BCUT2D eigenvalue weighted by molar-refractivity contribution is 5.91. The highest BCUT2D eigenvalue weighted by atomic mass is 16.4. The first-order chi connectivity index (χ1) is 15.1. The Labute approximate surface area is 181 Å². The molecule has 2 amide bonds. The van der Waals surface area contributed by atoms with Crippen molar-refractivity contribution in [3.63, 3.8) is 0 Å². The number of rotatable bonds is 4. The molecule has 2 saturated heterocycles. The fourth-order valence-electron chi connectivity index (χ4n) is 4.87. The molecule has 1 saturated carbocycles. The maximum Gasteiger partial charge on any atom is 0.407 e. The van der Waals surface area contributed by atoms with Crippen LogP contribution in [0, 0.1) is 0 Å². The number of carbonyl (C=O) groups is 2. The van der Waals surface area contributed by atoms with E-state index in [-0.39, 0.29) is 5.91 Å². The van der Waals surface area contributed by atoms with Crippen LogP contribution in [0.1, 0.15) is 36.3 Å². The molecule has 1 atom stereocenters. The Morgan fingerprint density at radius 3 is 2.42 bits per heavy atom. The van der Waals surface area contributed by atoms with Gasteiger partial charge in [-0.25, -0.2) is 9.78 Å². The number of likely N-dealkylation sites (tertiary alicyclic amines) is 1. The minimum atomic E-state index is -0.871. The van der Waals surface area contributed by atoms with Crippen LogP contribution in [-0.4, -0.2) is 76.1 Å². The number of carbonyl (C=O) groups excluding carboxylic acids is 1. The van der Waals surface area contributed by atoms with Gasteiger partial charge in [0.05, 0.1) is 5.41 Å². The van der Waals surface area contributed by atoms with Crippen LogP contribution in [0.3, 0.4) is 0 Å². The standard InChI is InChI=1S/C23H27N5O3/c29-21(28-9-5-18(16-28)17-2-1-8-24-14-17)23(6-7-23)19-3-4-20(25-15-19)26-10-12-27(13-11-26)22(30)31/h1-4,8,14-15,18H,5-7,9-13,16H2,(H,30,31). The Kier molecular flexibility index (Phi) is 5.00. The predicted octanol–water partition coefficient (Wildman–Crippen LogP) is 2.32. The van der Waals surface area contributed by atoms with Crippen LogP contribution in [0.25, 0.3) is 0 Å². The van der Waals surface area contributed by atoms with Crippen molar-refractivity contribution < 1.29 is 14.7 Å². The summed E-state index contributed by atoms with van der Waals surface area (Å²) in [5.41, 5.74) is 1.78. The number of amides is 2. The molecular weight excluding hydrogens is 394 g/mol. The van der Waals surface area contributed by atoms with Gasteiger partial charge in [-0.15, -0.1) is 0 Å². The Hall–Kier alpha value is -3.16. The molecule has 1 N–H and O–H groups in total. The first kappa shape index (κ1) is 19.8. The summed E-state index contributed by atoms with van der Waals surface area (Å²) in [5.74, 6) is 1.43. The Morgan fingerprint density at radius 1 is 1.00 bits per heavy atom. The molecule has 0 radical (unpaired) electrons. The zero-order chi connectivity index (χ0) is 21.4. The van der Waals surface area contributed by atoms with E-state index in [1.807, 2.05) is 35.5 Å². The topological polar surface area (TPSA) is 89.9 Å². The van der Waals surface area contributed by atoms with Crippen LogP contribution in [0.4, 0.5) is 10.6 Å². The van der Waals surface area contributed by atoms with Gasteiger partial charge in [0.1, 0.15) is 5.82 Å². The molecule has 0 spiro atoms. The summed E-state index contributed by atoms with van der Waals surface area (Å²) in [6.45, 7) is 3.77. The molecular formula is C23H27N5O3. The van der Waals surface area contributed by atoms with E-state index in [1.54, 1.807) is 6.20 Å². The first-order valence-electron chi connectivity index (χ1n) is 11.0. The molecule has 31 heavy (non-hydrogen) atoms. The number of carboxylic acid groups (broad SMARTS) is 1. The van der Waals surface area contributed by atoms with Crippen LogP contribution >= 0.6 is 0 Å². The Bertz CT molecular complexity index is 953. The van der Waals surface area contributed by atoms with E-state index in [0.717, 1.165) is 43.7 Å². The minimum Gasteiger partial charge on any atom is -0.465 e. The molecule has 5 rings (SSSR count). The van der Waals surface area contributed by atoms with Crippen molar-refractivity contribution in [2.24, 2.45) is 0 Å². The maximum absolute atomic E-state index is 13.4. The highest BCUT2D eigenvalue weighted by Crippen LogP contribution is 2.50. The van der Waals surface area contributed by atoms with Gasteiger partial charge in [0.2, 0.25) is 5.91 Å². The molecule has 8 heteroatoms. The smallest absolute Gasteiger partial charge is 0.407 e. The average Bonchev–Trinajstić information content (AvgIpc) is 3.48. The van der Waals surface area contributed by atoms with E-state index in [1.165, 1.54) is 10.5 Å². The van der Waals surface area contributed by atoms with Crippen molar-refractivity contribution >= 4 is 17.8 Å². The zero-order valence-corrected chi connectivity index (χ0v) is 17.5. The zero-order valence-electron chi connectivity index (χ0n) is 17.5. The van der Waals surface area contributed by atoms with Crippen molar-refractivity contribution in [3.05, 3.63) is 54.0 Å². The van der Waals surface area contributed by atoms with E-state index in [0.29, 0.717) is 32.1 Å². The largest absolute Gasteiger partial charge is 0.465 e. The fraction of sp³-hybridized carbons (Fsp3) is 0.478. The number of hydrogen-bond acceptors (Lipinski definition) is 5. The molecule has 2 aliphatic heterocycles. The third-order valence-corrected chi connectivity index (χ3v) is 6.97. The summed E-state index contributed by atoms with van der Waals surface area (Å²) < 4.78 is 0. The highest BCUT2D eigenvalue weighted by Gasteiger charge is 2.54. The van der Waals surface area contributed by atoms with Crippen LogP contribution < -0.4 is 4.90 Å². The fourth-order valence-corrected chi connectivity index (χ4v) is 4.87. The van der Waals surface area contributed by atoms with Gasteiger partial charge in [-0.3, -0.25) is 9.78 Å². The molecule has 3 fully saturated rings. The van der Waals surface area contributed by atoms with E-state index >= 15 is 0 Å². The van der Waals surface area contributed by atoms with Gasteiger partial charge in [0, 0.05) is 63.8 Å². The lowest BCUT2D eigenvalue weighted by molar-refractivity contribution is -0.132. The number of hydrogen-bond donors (Lipinski definition) is 1. The van der Waals surface area contributed by atoms with Crippen molar-refractivity contribution in [1.29, 1.82) is 0 Å². The number of piperazine rings is 1. The van der Waals surface area contributed by atoms with Gasteiger partial charge in [-0.2, -0.15) is 0 Å². The summed E-state index contributed by atoms with van der Waals surface area (Å²) in [4.78, 5) is 38.9. The summed E-state index contributed by atoms with van der Waals surface area (Å²) in [6.07, 6.45) is 7.39. The third-order valence-electron chi connectivity index (χ3n) is 6.97. The molecule has 4 heterocycles. The van der Waals surface area contributed by atoms with E-state index in [9.17, 15) is 9.59 Å². The summed E-state index contributed by atoms with van der Waals surface area (Å²) in [5, 5.41) is 9.10. The summed E-state index contributed by atoms with van der Waals surface area (Å²) in [7, 11) is 0. The van der Waals surface area contributed by atoms with Crippen molar-refractivity contribution in [3.8, 4) is 0 Å². The van der Waals surface area contributed by atoms with Crippen molar-refractivity contribution in [1.82, 2.24) is 19.8 Å². The average molecular weight is 422 g/mol. The first-order valence-corrected chi connectivity index (χ1v) is 11.0. The van der Waals surface area contributed by atoms with Crippen molar-refractivity contribution in [2.45, 2.75) is 30.6 Å².